The SMILES string of the molecule is Cc1nonc1CN1CCN(Cc2noc(C(C)(C)C)n2)CC1. The molecule has 1 fully saturated rings. The average molecular weight is 320 g/mol. The predicted octanol–water partition coefficient (Wildman–Crippen LogP) is 1.38. The lowest BCUT2D eigenvalue weighted by atomic mass is 9.97. The lowest BCUT2D eigenvalue weighted by molar-refractivity contribution is 0.117. The molecule has 0 N–H and O–H groups in total. The highest BCUT2D eigenvalue weighted by molar-refractivity contribution is 5.04. The van der Waals surface area contributed by atoms with Crippen molar-refractivity contribution in [2.24, 2.45) is 0 Å². The summed E-state index contributed by atoms with van der Waals surface area (Å²) in [6, 6.07) is 0. The van der Waals surface area contributed by atoms with Gasteiger partial charge in [-0.25, -0.2) is 4.63 Å². The van der Waals surface area contributed by atoms with Crippen LogP contribution < -0.4 is 0 Å². The van der Waals surface area contributed by atoms with Crippen LogP contribution in [0.25, 0.3) is 0 Å². The van der Waals surface area contributed by atoms with E-state index in [2.05, 4.69) is 51.0 Å². The molecule has 1 aliphatic heterocycles. The van der Waals surface area contributed by atoms with Crippen molar-refractivity contribution in [1.82, 2.24) is 30.3 Å². The van der Waals surface area contributed by atoms with E-state index < -0.39 is 0 Å². The van der Waals surface area contributed by atoms with Crippen LogP contribution in [0.3, 0.4) is 0 Å². The fourth-order valence-electron chi connectivity index (χ4n) is 2.53. The highest BCUT2D eigenvalue weighted by Crippen LogP contribution is 2.20. The molecular weight excluding hydrogens is 296 g/mol. The van der Waals surface area contributed by atoms with E-state index in [0.717, 1.165) is 56.5 Å². The summed E-state index contributed by atoms with van der Waals surface area (Å²) in [6.45, 7) is 13.6. The van der Waals surface area contributed by atoms with Gasteiger partial charge in [0, 0.05) is 38.1 Å². The van der Waals surface area contributed by atoms with Crippen LogP contribution in [-0.4, -0.2) is 56.4 Å². The molecule has 0 radical (unpaired) electrons. The number of nitrogens with zero attached hydrogens (tertiary/aromatic N) is 6. The van der Waals surface area contributed by atoms with Crippen molar-refractivity contribution in [3.63, 3.8) is 0 Å². The Morgan fingerprint density at radius 2 is 1.61 bits per heavy atom. The summed E-state index contributed by atoms with van der Waals surface area (Å²) in [5.74, 6) is 1.46. The van der Waals surface area contributed by atoms with Gasteiger partial charge in [0.05, 0.1) is 6.54 Å². The molecule has 0 aliphatic carbocycles. The molecule has 0 bridgehead atoms. The first-order valence-corrected chi connectivity index (χ1v) is 7.97. The van der Waals surface area contributed by atoms with Crippen LogP contribution in [0.5, 0.6) is 0 Å². The first kappa shape index (κ1) is 16.1. The van der Waals surface area contributed by atoms with Gasteiger partial charge in [-0.05, 0) is 6.92 Å². The maximum Gasteiger partial charge on any atom is 0.232 e. The molecule has 0 unspecified atom stereocenters. The molecule has 2 aromatic heterocycles. The van der Waals surface area contributed by atoms with Crippen LogP contribution in [0.4, 0.5) is 0 Å². The molecule has 0 saturated carbocycles. The fraction of sp³-hybridized carbons (Fsp3) is 0.733. The van der Waals surface area contributed by atoms with Crippen molar-refractivity contribution < 1.29 is 9.15 Å². The van der Waals surface area contributed by atoms with Gasteiger partial charge in [-0.15, -0.1) is 0 Å². The molecule has 23 heavy (non-hydrogen) atoms. The first-order valence-electron chi connectivity index (χ1n) is 7.97. The molecule has 1 saturated heterocycles. The smallest absolute Gasteiger partial charge is 0.232 e. The summed E-state index contributed by atoms with van der Waals surface area (Å²) in [5, 5.41) is 11.9. The number of hydrogen-bond acceptors (Lipinski definition) is 8. The first-order chi connectivity index (χ1) is 10.9. The monoisotopic (exact) mass is 320 g/mol. The molecule has 8 nitrogen and oxygen atoms in total. The summed E-state index contributed by atoms with van der Waals surface area (Å²) in [4.78, 5) is 9.21. The summed E-state index contributed by atoms with van der Waals surface area (Å²) in [6.07, 6.45) is 0. The van der Waals surface area contributed by atoms with Crippen LogP contribution in [0.2, 0.25) is 0 Å². The van der Waals surface area contributed by atoms with E-state index in [1.165, 1.54) is 0 Å². The molecule has 3 heterocycles. The summed E-state index contributed by atoms with van der Waals surface area (Å²) >= 11 is 0. The minimum Gasteiger partial charge on any atom is -0.339 e. The Hall–Kier alpha value is -1.80. The third-order valence-corrected chi connectivity index (χ3v) is 4.06. The van der Waals surface area contributed by atoms with E-state index in [-0.39, 0.29) is 5.41 Å². The Morgan fingerprint density at radius 3 is 2.13 bits per heavy atom. The van der Waals surface area contributed by atoms with E-state index in [0.29, 0.717) is 5.89 Å². The molecule has 0 atom stereocenters. The second-order valence-corrected chi connectivity index (χ2v) is 7.11. The number of piperazine rings is 1. The van der Waals surface area contributed by atoms with Crippen molar-refractivity contribution in [1.29, 1.82) is 0 Å². The van der Waals surface area contributed by atoms with Crippen LogP contribution in [0.15, 0.2) is 9.15 Å². The Balaban J connectivity index is 1.49. The third-order valence-electron chi connectivity index (χ3n) is 4.06. The van der Waals surface area contributed by atoms with Crippen molar-refractivity contribution in [3.05, 3.63) is 23.1 Å². The molecule has 0 amide bonds. The molecule has 3 rings (SSSR count). The van der Waals surface area contributed by atoms with Crippen LogP contribution in [0, 0.1) is 6.92 Å². The molecule has 126 valence electrons. The normalized spacial score (nSPS) is 17.7. The third kappa shape index (κ3) is 3.94. The van der Waals surface area contributed by atoms with Gasteiger partial charge in [0.15, 0.2) is 5.82 Å². The fourth-order valence-corrected chi connectivity index (χ4v) is 2.53. The van der Waals surface area contributed by atoms with Crippen molar-refractivity contribution >= 4 is 0 Å². The van der Waals surface area contributed by atoms with Gasteiger partial charge >= 0.3 is 0 Å². The average Bonchev–Trinajstić information content (AvgIpc) is 3.11. The Bertz CT molecular complexity index is 636. The Kier molecular flexibility index (Phi) is 4.45. The Labute approximate surface area is 135 Å². The molecule has 1 aliphatic rings. The van der Waals surface area contributed by atoms with E-state index in [1.54, 1.807) is 0 Å². The zero-order valence-corrected chi connectivity index (χ0v) is 14.2. The van der Waals surface area contributed by atoms with E-state index in [9.17, 15) is 0 Å². The lowest BCUT2D eigenvalue weighted by Gasteiger charge is -2.33. The maximum absolute atomic E-state index is 5.35. The van der Waals surface area contributed by atoms with Gasteiger partial charge in [0.2, 0.25) is 5.89 Å². The standard InChI is InChI=1S/C15H24N6O2/c1-11-12(18-23-17-11)9-20-5-7-21(8-6-20)10-13-16-14(22-19-13)15(2,3)4/h5-10H2,1-4H3. The lowest BCUT2D eigenvalue weighted by Crippen LogP contribution is -2.45. The van der Waals surface area contributed by atoms with E-state index in [4.69, 9.17) is 9.15 Å². The number of aryl methyl sites for hydroxylation is 1. The van der Waals surface area contributed by atoms with Gasteiger partial charge in [-0.1, -0.05) is 36.2 Å². The largest absolute Gasteiger partial charge is 0.339 e. The number of rotatable bonds is 4. The van der Waals surface area contributed by atoms with Crippen molar-refractivity contribution in [2.45, 2.75) is 46.2 Å². The molecule has 0 spiro atoms. The highest BCUT2D eigenvalue weighted by Gasteiger charge is 2.24. The molecule has 8 heteroatoms. The van der Waals surface area contributed by atoms with Gasteiger partial charge in [-0.2, -0.15) is 4.98 Å². The van der Waals surface area contributed by atoms with Gasteiger partial charge in [0.25, 0.3) is 0 Å². The Morgan fingerprint density at radius 1 is 0.957 bits per heavy atom. The minimum atomic E-state index is -0.104. The van der Waals surface area contributed by atoms with E-state index >= 15 is 0 Å². The van der Waals surface area contributed by atoms with Gasteiger partial charge in [-0.3, -0.25) is 9.80 Å². The second-order valence-electron chi connectivity index (χ2n) is 7.11. The summed E-state index contributed by atoms with van der Waals surface area (Å²) < 4.78 is 10.1. The summed E-state index contributed by atoms with van der Waals surface area (Å²) in [7, 11) is 0. The molecular formula is C15H24N6O2. The molecule has 2 aromatic rings. The van der Waals surface area contributed by atoms with Gasteiger partial charge in [0.1, 0.15) is 11.4 Å². The minimum absolute atomic E-state index is 0.104. The number of aromatic nitrogens is 4. The molecule has 0 aromatic carbocycles. The zero-order chi connectivity index (χ0) is 16.4. The van der Waals surface area contributed by atoms with E-state index in [1.807, 2.05) is 6.92 Å². The predicted molar refractivity (Wildman–Crippen MR) is 82.6 cm³/mol. The zero-order valence-electron chi connectivity index (χ0n) is 14.2. The van der Waals surface area contributed by atoms with Crippen molar-refractivity contribution in [2.75, 3.05) is 26.2 Å². The number of hydrogen-bond donors (Lipinski definition) is 0. The quantitative estimate of drug-likeness (QED) is 0.835. The van der Waals surface area contributed by atoms with Crippen molar-refractivity contribution in [3.8, 4) is 0 Å². The highest BCUT2D eigenvalue weighted by atomic mass is 16.6. The maximum atomic E-state index is 5.35. The van der Waals surface area contributed by atoms with Gasteiger partial charge < -0.3 is 4.52 Å². The van der Waals surface area contributed by atoms with Crippen LogP contribution in [-0.2, 0) is 18.5 Å². The topological polar surface area (TPSA) is 84.3 Å². The van der Waals surface area contributed by atoms with Crippen LogP contribution in [0.1, 0.15) is 43.9 Å². The second kappa shape index (κ2) is 6.37. The summed E-state index contributed by atoms with van der Waals surface area (Å²) in [5.41, 5.74) is 1.69. The van der Waals surface area contributed by atoms with Crippen LogP contribution >= 0.6 is 0 Å².